The van der Waals surface area contributed by atoms with Crippen LogP contribution in [-0.2, 0) is 6.54 Å². The molecule has 1 aromatic heterocycles. The normalized spacial score (nSPS) is 10.5. The fourth-order valence-electron chi connectivity index (χ4n) is 1.87. The Balaban J connectivity index is 2.17. The van der Waals surface area contributed by atoms with Crippen LogP contribution in [0.3, 0.4) is 0 Å². The van der Waals surface area contributed by atoms with Gasteiger partial charge in [0.15, 0.2) is 11.6 Å². The van der Waals surface area contributed by atoms with Crippen molar-refractivity contribution in [1.29, 1.82) is 0 Å². The van der Waals surface area contributed by atoms with Crippen LogP contribution in [0.5, 0.6) is 0 Å². The van der Waals surface area contributed by atoms with Crippen LogP contribution in [0.15, 0.2) is 41.1 Å². The summed E-state index contributed by atoms with van der Waals surface area (Å²) in [6.07, 6.45) is 1.47. The van der Waals surface area contributed by atoms with Crippen LogP contribution >= 0.6 is 15.9 Å². The molecule has 6 heteroatoms. The van der Waals surface area contributed by atoms with Crippen LogP contribution in [0.4, 0.5) is 8.78 Å². The first kappa shape index (κ1) is 15.6. The molecule has 2 rings (SSSR count). The molecule has 1 heterocycles. The van der Waals surface area contributed by atoms with E-state index in [-0.39, 0.29) is 12.5 Å². The molecule has 0 spiro atoms. The summed E-state index contributed by atoms with van der Waals surface area (Å²) in [6.45, 7) is 2.49. The van der Waals surface area contributed by atoms with Crippen LogP contribution in [0, 0.1) is 11.6 Å². The number of carbonyl (C=O) groups excluding carboxylic acids is 1. The second kappa shape index (κ2) is 6.76. The highest BCUT2D eigenvalue weighted by Gasteiger charge is 2.15. The Hall–Kier alpha value is -1.82. The third-order valence-corrected chi connectivity index (χ3v) is 3.47. The minimum atomic E-state index is -0.915. The van der Waals surface area contributed by atoms with E-state index in [1.165, 1.54) is 17.2 Å². The van der Waals surface area contributed by atoms with Crippen LogP contribution in [0.25, 0.3) is 0 Å². The molecule has 0 fully saturated rings. The molecule has 0 saturated carbocycles. The number of carbonyl (C=O) groups is 1. The number of halogens is 3. The second-order valence-electron chi connectivity index (χ2n) is 4.44. The van der Waals surface area contributed by atoms with E-state index in [0.29, 0.717) is 22.3 Å². The molecule has 3 nitrogen and oxygen atoms in total. The van der Waals surface area contributed by atoms with E-state index in [1.807, 2.05) is 6.92 Å². The molecule has 0 aliphatic carbocycles. The van der Waals surface area contributed by atoms with Gasteiger partial charge in [-0.05, 0) is 52.7 Å². The van der Waals surface area contributed by atoms with Gasteiger partial charge in [0.1, 0.15) is 4.60 Å². The Kier molecular flexibility index (Phi) is 5.01. The fraction of sp³-hybridized carbons (Fsp3) is 0.200. The molecule has 0 N–H and O–H groups in total. The molecule has 1 amide bonds. The van der Waals surface area contributed by atoms with E-state index in [0.717, 1.165) is 12.1 Å². The van der Waals surface area contributed by atoms with Crippen molar-refractivity contribution in [2.24, 2.45) is 0 Å². The fourth-order valence-corrected chi connectivity index (χ4v) is 2.11. The number of rotatable bonds is 4. The van der Waals surface area contributed by atoms with E-state index >= 15 is 0 Å². The maximum Gasteiger partial charge on any atom is 0.255 e. The number of pyridine rings is 1. The van der Waals surface area contributed by atoms with Gasteiger partial charge in [-0.25, -0.2) is 13.8 Å². The summed E-state index contributed by atoms with van der Waals surface area (Å²) in [5.41, 5.74) is 0.983. The van der Waals surface area contributed by atoms with E-state index in [9.17, 15) is 13.6 Å². The zero-order chi connectivity index (χ0) is 15.4. The summed E-state index contributed by atoms with van der Waals surface area (Å²) in [5, 5.41) is 0. The van der Waals surface area contributed by atoms with Gasteiger partial charge in [0, 0.05) is 19.3 Å². The lowest BCUT2D eigenvalue weighted by molar-refractivity contribution is 0.0752. The highest BCUT2D eigenvalue weighted by Crippen LogP contribution is 2.14. The average Bonchev–Trinajstić information content (AvgIpc) is 2.48. The number of benzene rings is 1. The molecule has 0 unspecified atom stereocenters. The molecule has 0 atom stereocenters. The van der Waals surface area contributed by atoms with Gasteiger partial charge in [0.2, 0.25) is 0 Å². The molecule has 21 heavy (non-hydrogen) atoms. The molecular weight excluding hydrogens is 342 g/mol. The van der Waals surface area contributed by atoms with E-state index < -0.39 is 11.6 Å². The summed E-state index contributed by atoms with van der Waals surface area (Å²) in [5.74, 6) is -2.02. The smallest absolute Gasteiger partial charge is 0.255 e. The zero-order valence-electron chi connectivity index (χ0n) is 11.3. The topological polar surface area (TPSA) is 33.2 Å². The lowest BCUT2D eigenvalue weighted by Crippen LogP contribution is -2.30. The van der Waals surface area contributed by atoms with Crippen LogP contribution in [0.2, 0.25) is 0 Å². The second-order valence-corrected chi connectivity index (χ2v) is 5.25. The van der Waals surface area contributed by atoms with Crippen LogP contribution in [-0.4, -0.2) is 22.3 Å². The predicted molar refractivity (Wildman–Crippen MR) is 78.7 cm³/mol. The third kappa shape index (κ3) is 3.85. The third-order valence-electron chi connectivity index (χ3n) is 3.00. The molecule has 110 valence electrons. The van der Waals surface area contributed by atoms with Gasteiger partial charge in [-0.3, -0.25) is 4.79 Å². The highest BCUT2D eigenvalue weighted by atomic mass is 79.9. The minimum Gasteiger partial charge on any atom is -0.335 e. The van der Waals surface area contributed by atoms with Gasteiger partial charge in [0.05, 0.1) is 5.56 Å². The standard InChI is InChI=1S/C15H13BrF2N2O/c1-2-20(9-10-3-5-12(17)13(18)7-10)15(21)11-4-6-14(16)19-8-11/h3-8H,2,9H2,1H3. The summed E-state index contributed by atoms with van der Waals surface area (Å²) in [6, 6.07) is 6.97. The van der Waals surface area contributed by atoms with Crippen molar-refractivity contribution in [2.75, 3.05) is 6.54 Å². The van der Waals surface area contributed by atoms with Gasteiger partial charge in [-0.1, -0.05) is 6.07 Å². The first-order chi connectivity index (χ1) is 10.0. The molecule has 0 bridgehead atoms. The summed E-state index contributed by atoms with van der Waals surface area (Å²) in [4.78, 5) is 17.9. The first-order valence-corrected chi connectivity index (χ1v) is 7.15. The van der Waals surface area contributed by atoms with Crippen molar-refractivity contribution >= 4 is 21.8 Å². The molecule has 0 radical (unpaired) electrons. The van der Waals surface area contributed by atoms with Crippen LogP contribution < -0.4 is 0 Å². The Bertz CT molecular complexity index is 647. The summed E-state index contributed by atoms with van der Waals surface area (Å²) >= 11 is 3.20. The summed E-state index contributed by atoms with van der Waals surface area (Å²) < 4.78 is 26.8. The van der Waals surface area contributed by atoms with Gasteiger partial charge in [0.25, 0.3) is 5.91 Å². The molecule has 0 aliphatic heterocycles. The molecule has 1 aromatic carbocycles. The maximum atomic E-state index is 13.2. The van der Waals surface area contributed by atoms with Gasteiger partial charge in [-0.15, -0.1) is 0 Å². The number of aromatic nitrogens is 1. The molecule has 0 saturated heterocycles. The number of amides is 1. The minimum absolute atomic E-state index is 0.206. The lowest BCUT2D eigenvalue weighted by Gasteiger charge is -2.21. The Morgan fingerprint density at radius 3 is 2.57 bits per heavy atom. The largest absolute Gasteiger partial charge is 0.335 e. The Labute approximate surface area is 129 Å². The first-order valence-electron chi connectivity index (χ1n) is 6.36. The van der Waals surface area contributed by atoms with Crippen LogP contribution in [0.1, 0.15) is 22.8 Å². The van der Waals surface area contributed by atoms with Crippen molar-refractivity contribution in [1.82, 2.24) is 9.88 Å². The lowest BCUT2D eigenvalue weighted by atomic mass is 10.1. The SMILES string of the molecule is CCN(Cc1ccc(F)c(F)c1)C(=O)c1ccc(Br)nc1. The Morgan fingerprint density at radius 2 is 2.00 bits per heavy atom. The monoisotopic (exact) mass is 354 g/mol. The van der Waals surface area contributed by atoms with Gasteiger partial charge >= 0.3 is 0 Å². The predicted octanol–water partition coefficient (Wildman–Crippen LogP) is 3.78. The molecule has 0 aliphatic rings. The molecule has 2 aromatic rings. The highest BCUT2D eigenvalue weighted by molar-refractivity contribution is 9.10. The van der Waals surface area contributed by atoms with E-state index in [4.69, 9.17) is 0 Å². The van der Waals surface area contributed by atoms with E-state index in [1.54, 1.807) is 12.1 Å². The quantitative estimate of drug-likeness (QED) is 0.782. The summed E-state index contributed by atoms with van der Waals surface area (Å²) in [7, 11) is 0. The van der Waals surface area contributed by atoms with Gasteiger partial charge < -0.3 is 4.90 Å². The number of hydrogen-bond acceptors (Lipinski definition) is 2. The number of hydrogen-bond donors (Lipinski definition) is 0. The zero-order valence-corrected chi connectivity index (χ0v) is 12.9. The van der Waals surface area contributed by atoms with Crippen molar-refractivity contribution < 1.29 is 13.6 Å². The van der Waals surface area contributed by atoms with Crippen molar-refractivity contribution in [3.63, 3.8) is 0 Å². The maximum absolute atomic E-state index is 13.2. The van der Waals surface area contributed by atoms with Crippen molar-refractivity contribution in [3.8, 4) is 0 Å². The number of nitrogens with zero attached hydrogens (tertiary/aromatic N) is 2. The Morgan fingerprint density at radius 1 is 1.24 bits per heavy atom. The van der Waals surface area contributed by atoms with E-state index in [2.05, 4.69) is 20.9 Å². The molecular formula is C15H13BrF2N2O. The van der Waals surface area contributed by atoms with Crippen molar-refractivity contribution in [3.05, 3.63) is 63.9 Å². The van der Waals surface area contributed by atoms with Gasteiger partial charge in [-0.2, -0.15) is 0 Å². The average molecular weight is 355 g/mol. The van der Waals surface area contributed by atoms with Crippen molar-refractivity contribution in [2.45, 2.75) is 13.5 Å².